The van der Waals surface area contributed by atoms with Gasteiger partial charge in [0.05, 0.1) is 18.2 Å². The lowest BCUT2D eigenvalue weighted by molar-refractivity contribution is -0.132. The third-order valence-corrected chi connectivity index (χ3v) is 6.91. The zero-order valence-corrected chi connectivity index (χ0v) is 21.5. The lowest BCUT2D eigenvalue weighted by Gasteiger charge is -2.25. The summed E-state index contributed by atoms with van der Waals surface area (Å²) >= 11 is 6.40. The van der Waals surface area contributed by atoms with Gasteiger partial charge >= 0.3 is 0 Å². The molecule has 1 saturated heterocycles. The molecule has 1 unspecified atom stereocenters. The van der Waals surface area contributed by atoms with Crippen molar-refractivity contribution in [3.8, 4) is 5.75 Å². The number of para-hydroxylation sites is 1. The maximum absolute atomic E-state index is 13.5. The summed E-state index contributed by atoms with van der Waals surface area (Å²) in [7, 11) is 0. The van der Waals surface area contributed by atoms with E-state index in [1.165, 1.54) is 4.90 Å². The van der Waals surface area contributed by atoms with Crippen molar-refractivity contribution < 1.29 is 19.4 Å². The molecule has 0 aliphatic carbocycles. The highest BCUT2D eigenvalue weighted by molar-refractivity contribution is 6.52. The van der Waals surface area contributed by atoms with Crippen molar-refractivity contribution in [1.29, 1.82) is 0 Å². The van der Waals surface area contributed by atoms with Gasteiger partial charge in [-0.3, -0.25) is 14.5 Å². The molecular formula is C30H27ClN2O4. The second kappa shape index (κ2) is 9.79. The number of aliphatic hydroxyl groups is 1. The second-order valence-corrected chi connectivity index (χ2v) is 10.0. The Morgan fingerprint density at radius 3 is 2.51 bits per heavy atom. The highest BCUT2D eigenvalue weighted by atomic mass is 35.5. The van der Waals surface area contributed by atoms with Gasteiger partial charge in [0.2, 0.25) is 0 Å². The number of Topliss-reactive ketones (excluding diaryl/α,β-unsaturated/α-hetero) is 1. The van der Waals surface area contributed by atoms with Crippen LogP contribution in [-0.4, -0.2) is 28.4 Å². The Balaban J connectivity index is 1.67. The van der Waals surface area contributed by atoms with Crippen LogP contribution in [0.25, 0.3) is 16.7 Å². The molecule has 1 aliphatic heterocycles. The van der Waals surface area contributed by atoms with Gasteiger partial charge in [-0.25, -0.2) is 0 Å². The first-order valence-corrected chi connectivity index (χ1v) is 12.5. The number of benzene rings is 3. The molecule has 0 radical (unpaired) electrons. The monoisotopic (exact) mass is 514 g/mol. The Hall–Kier alpha value is -4.03. The number of hydrogen-bond acceptors (Lipinski definition) is 4. The molecule has 7 heteroatoms. The molecule has 5 rings (SSSR count). The van der Waals surface area contributed by atoms with Crippen molar-refractivity contribution in [2.24, 2.45) is 5.92 Å². The number of fused-ring (bicyclic) bond motifs is 1. The summed E-state index contributed by atoms with van der Waals surface area (Å²) in [5, 5.41) is 12.8. The molecule has 0 spiro atoms. The fraction of sp³-hybridized carbons (Fsp3) is 0.200. The third-order valence-electron chi connectivity index (χ3n) is 6.50. The summed E-state index contributed by atoms with van der Waals surface area (Å²) in [6.07, 6.45) is 1.78. The lowest BCUT2D eigenvalue weighted by atomic mass is 9.94. The van der Waals surface area contributed by atoms with Crippen LogP contribution in [0.4, 0.5) is 5.69 Å². The minimum absolute atomic E-state index is 0.0160. The normalized spacial score (nSPS) is 17.2. The average molecular weight is 515 g/mol. The van der Waals surface area contributed by atoms with E-state index in [4.69, 9.17) is 16.3 Å². The number of anilines is 1. The summed E-state index contributed by atoms with van der Waals surface area (Å²) in [6, 6.07) is 18.9. The number of rotatable bonds is 6. The predicted molar refractivity (Wildman–Crippen MR) is 146 cm³/mol. The van der Waals surface area contributed by atoms with Gasteiger partial charge < -0.3 is 14.8 Å². The topological polar surface area (TPSA) is 82.6 Å². The van der Waals surface area contributed by atoms with Crippen LogP contribution in [-0.2, 0) is 9.59 Å². The number of hydrogen-bond donors (Lipinski definition) is 2. The van der Waals surface area contributed by atoms with Gasteiger partial charge in [0.25, 0.3) is 11.7 Å². The van der Waals surface area contributed by atoms with Gasteiger partial charge in [-0.1, -0.05) is 49.7 Å². The SMILES string of the molecule is Cc1ccc(N2C(=O)C(=O)/C(=C(/O)c3ccc(OCC(C)C)cc3)C2c2c[nH]c3ccccc23)cc1Cl. The van der Waals surface area contributed by atoms with Crippen molar-refractivity contribution in [3.63, 3.8) is 0 Å². The number of ketones is 1. The number of aliphatic hydroxyl groups excluding tert-OH is 1. The molecule has 6 nitrogen and oxygen atoms in total. The van der Waals surface area contributed by atoms with Crippen LogP contribution in [0.1, 0.15) is 36.6 Å². The molecule has 188 valence electrons. The molecule has 1 atom stereocenters. The maximum atomic E-state index is 13.5. The molecule has 1 aromatic heterocycles. The fourth-order valence-electron chi connectivity index (χ4n) is 4.57. The van der Waals surface area contributed by atoms with Crippen LogP contribution in [0.5, 0.6) is 5.75 Å². The maximum Gasteiger partial charge on any atom is 0.300 e. The quantitative estimate of drug-likeness (QED) is 0.168. The van der Waals surface area contributed by atoms with Crippen LogP contribution in [0.2, 0.25) is 5.02 Å². The Morgan fingerprint density at radius 2 is 1.81 bits per heavy atom. The predicted octanol–water partition coefficient (Wildman–Crippen LogP) is 6.79. The number of nitrogens with one attached hydrogen (secondary N) is 1. The first-order chi connectivity index (χ1) is 17.8. The molecule has 1 aliphatic rings. The number of aryl methyl sites for hydroxylation is 1. The van der Waals surface area contributed by atoms with Gasteiger partial charge in [0.1, 0.15) is 11.5 Å². The number of halogens is 1. The average Bonchev–Trinajstić information content (AvgIpc) is 3.43. The van der Waals surface area contributed by atoms with E-state index in [1.807, 2.05) is 31.2 Å². The van der Waals surface area contributed by atoms with E-state index in [2.05, 4.69) is 18.8 Å². The zero-order valence-electron chi connectivity index (χ0n) is 20.8. The van der Waals surface area contributed by atoms with E-state index in [-0.39, 0.29) is 11.3 Å². The van der Waals surface area contributed by atoms with Crippen LogP contribution in [0, 0.1) is 12.8 Å². The Kier molecular flexibility index (Phi) is 6.52. The summed E-state index contributed by atoms with van der Waals surface area (Å²) in [6.45, 7) is 6.55. The smallest absolute Gasteiger partial charge is 0.300 e. The highest BCUT2D eigenvalue weighted by Crippen LogP contribution is 2.44. The van der Waals surface area contributed by atoms with Crippen LogP contribution < -0.4 is 9.64 Å². The number of carbonyl (C=O) groups excluding carboxylic acids is 2. The summed E-state index contributed by atoms with van der Waals surface area (Å²) in [5.74, 6) is -0.702. The van der Waals surface area contributed by atoms with Crippen molar-refractivity contribution >= 4 is 45.6 Å². The van der Waals surface area contributed by atoms with E-state index in [1.54, 1.807) is 48.7 Å². The number of carbonyl (C=O) groups is 2. The summed E-state index contributed by atoms with van der Waals surface area (Å²) < 4.78 is 5.75. The van der Waals surface area contributed by atoms with E-state index in [0.29, 0.717) is 40.1 Å². The van der Waals surface area contributed by atoms with Crippen LogP contribution in [0.15, 0.2) is 78.5 Å². The molecule has 0 bridgehead atoms. The number of amides is 1. The molecule has 1 fully saturated rings. The summed E-state index contributed by atoms with van der Waals surface area (Å²) in [5.41, 5.74) is 3.32. The van der Waals surface area contributed by atoms with E-state index in [9.17, 15) is 14.7 Å². The fourth-order valence-corrected chi connectivity index (χ4v) is 4.75. The molecule has 1 amide bonds. The number of nitrogens with zero attached hydrogens (tertiary/aromatic N) is 1. The number of ether oxygens (including phenoxy) is 1. The number of aromatic nitrogens is 1. The van der Waals surface area contributed by atoms with Gasteiger partial charge in [-0.05, 0) is 60.9 Å². The number of H-pyrrole nitrogens is 1. The first-order valence-electron chi connectivity index (χ1n) is 12.1. The van der Waals surface area contributed by atoms with Gasteiger partial charge in [0.15, 0.2) is 0 Å². The Bertz CT molecular complexity index is 1530. The van der Waals surface area contributed by atoms with Gasteiger partial charge in [-0.15, -0.1) is 0 Å². The van der Waals surface area contributed by atoms with Crippen molar-refractivity contribution in [3.05, 3.63) is 100 Å². The highest BCUT2D eigenvalue weighted by Gasteiger charge is 2.47. The molecule has 37 heavy (non-hydrogen) atoms. The minimum atomic E-state index is -0.855. The minimum Gasteiger partial charge on any atom is -0.507 e. The molecular weight excluding hydrogens is 488 g/mol. The second-order valence-electron chi connectivity index (χ2n) is 9.62. The Labute approximate surface area is 220 Å². The zero-order chi connectivity index (χ0) is 26.3. The van der Waals surface area contributed by atoms with Gasteiger partial charge in [0, 0.05) is 38.9 Å². The standard InChI is InChI=1S/C30H27ClN2O4/c1-17(2)16-37-21-12-9-19(10-13-21)28(34)26-27(23-15-32-25-7-5-4-6-22(23)25)33(30(36)29(26)35)20-11-8-18(3)24(31)14-20/h4-15,17,27,32,34H,16H2,1-3H3/b28-26+. The van der Waals surface area contributed by atoms with E-state index >= 15 is 0 Å². The molecule has 2 N–H and O–H groups in total. The molecule has 2 heterocycles. The van der Waals surface area contributed by atoms with E-state index < -0.39 is 17.7 Å². The first kappa shape index (κ1) is 24.7. The summed E-state index contributed by atoms with van der Waals surface area (Å²) in [4.78, 5) is 31.5. The lowest BCUT2D eigenvalue weighted by Crippen LogP contribution is -2.29. The van der Waals surface area contributed by atoms with Crippen LogP contribution in [0.3, 0.4) is 0 Å². The molecule has 0 saturated carbocycles. The third kappa shape index (κ3) is 4.49. The van der Waals surface area contributed by atoms with E-state index in [0.717, 1.165) is 16.5 Å². The largest absolute Gasteiger partial charge is 0.507 e. The molecule has 3 aromatic carbocycles. The van der Waals surface area contributed by atoms with Crippen LogP contribution >= 0.6 is 11.6 Å². The van der Waals surface area contributed by atoms with Crippen molar-refractivity contribution in [2.45, 2.75) is 26.8 Å². The Morgan fingerprint density at radius 1 is 1.08 bits per heavy atom. The van der Waals surface area contributed by atoms with Gasteiger partial charge in [-0.2, -0.15) is 0 Å². The molecule has 4 aromatic rings. The van der Waals surface area contributed by atoms with Crippen molar-refractivity contribution in [2.75, 3.05) is 11.5 Å². The number of aromatic amines is 1. The van der Waals surface area contributed by atoms with Crippen molar-refractivity contribution in [1.82, 2.24) is 4.98 Å².